The van der Waals surface area contributed by atoms with Crippen LogP contribution in [0.5, 0.6) is 0 Å². The van der Waals surface area contributed by atoms with Crippen molar-refractivity contribution >= 4 is 17.7 Å². The molecular weight excluding hydrogens is 262 g/mol. The van der Waals surface area contributed by atoms with Crippen LogP contribution in [0.15, 0.2) is 30.3 Å². The van der Waals surface area contributed by atoms with Crippen molar-refractivity contribution < 1.29 is 4.79 Å². The van der Waals surface area contributed by atoms with E-state index in [0.717, 1.165) is 30.9 Å². The summed E-state index contributed by atoms with van der Waals surface area (Å²) in [5.41, 5.74) is 7.36. The van der Waals surface area contributed by atoms with Gasteiger partial charge in [-0.1, -0.05) is 26.0 Å². The maximum absolute atomic E-state index is 12.3. The molecule has 0 unspecified atom stereocenters. The maximum Gasteiger partial charge on any atom is 0.246 e. The summed E-state index contributed by atoms with van der Waals surface area (Å²) in [5, 5.41) is 0. The van der Waals surface area contributed by atoms with Crippen molar-refractivity contribution in [2.24, 2.45) is 5.92 Å². The Hall–Kier alpha value is -1.81. The summed E-state index contributed by atoms with van der Waals surface area (Å²) in [6.07, 6.45) is 3.48. The Morgan fingerprint density at radius 2 is 1.81 bits per heavy atom. The van der Waals surface area contributed by atoms with Crippen molar-refractivity contribution in [3.05, 3.63) is 35.9 Å². The van der Waals surface area contributed by atoms with E-state index in [9.17, 15) is 4.79 Å². The Kier molecular flexibility index (Phi) is 6.96. The molecule has 0 radical (unpaired) electrons. The smallest absolute Gasteiger partial charge is 0.246 e. The predicted octanol–water partition coefficient (Wildman–Crippen LogP) is 2.33. The summed E-state index contributed by atoms with van der Waals surface area (Å²) in [7, 11) is 4.03. The van der Waals surface area contributed by atoms with Gasteiger partial charge in [0, 0.05) is 31.4 Å². The molecule has 0 bridgehead atoms. The molecular formula is C17H27N3O. The van der Waals surface area contributed by atoms with Gasteiger partial charge in [-0.2, -0.15) is 0 Å². The first-order valence-electron chi connectivity index (χ1n) is 7.35. The Balaban J connectivity index is 2.68. The highest BCUT2D eigenvalue weighted by atomic mass is 16.2. The van der Waals surface area contributed by atoms with Gasteiger partial charge in [-0.3, -0.25) is 4.79 Å². The highest BCUT2D eigenvalue weighted by Gasteiger charge is 2.12. The third kappa shape index (κ3) is 6.95. The zero-order valence-corrected chi connectivity index (χ0v) is 13.5. The van der Waals surface area contributed by atoms with E-state index in [1.807, 2.05) is 49.3 Å². The Labute approximate surface area is 128 Å². The number of hydrogen-bond acceptors (Lipinski definition) is 3. The van der Waals surface area contributed by atoms with Crippen LogP contribution in [-0.4, -0.2) is 49.4 Å². The number of carbonyl (C=O) groups is 1. The van der Waals surface area contributed by atoms with E-state index in [2.05, 4.69) is 18.7 Å². The molecule has 1 aromatic rings. The van der Waals surface area contributed by atoms with E-state index >= 15 is 0 Å². The third-order valence-electron chi connectivity index (χ3n) is 3.07. The summed E-state index contributed by atoms with van der Waals surface area (Å²) in [6, 6.07) is 7.49. The van der Waals surface area contributed by atoms with Crippen LogP contribution in [-0.2, 0) is 4.79 Å². The highest BCUT2D eigenvalue weighted by molar-refractivity contribution is 5.91. The molecule has 0 aliphatic rings. The second-order valence-corrected chi connectivity index (χ2v) is 5.98. The van der Waals surface area contributed by atoms with E-state index in [0.29, 0.717) is 5.92 Å². The SMILES string of the molecule is CC(C)CN(CCN(C)C)C(=O)/C=C/c1ccc(N)cc1. The fourth-order valence-electron chi connectivity index (χ4n) is 1.93. The normalized spacial score (nSPS) is 11.5. The Morgan fingerprint density at radius 1 is 1.19 bits per heavy atom. The van der Waals surface area contributed by atoms with Gasteiger partial charge in [-0.15, -0.1) is 0 Å². The van der Waals surface area contributed by atoms with Crippen LogP contribution in [0.1, 0.15) is 19.4 Å². The van der Waals surface area contributed by atoms with Crippen molar-refractivity contribution in [2.75, 3.05) is 39.5 Å². The molecule has 0 saturated heterocycles. The standard InChI is InChI=1S/C17H27N3O/c1-14(2)13-20(12-11-19(3)4)17(21)10-7-15-5-8-16(18)9-6-15/h5-10,14H,11-13,18H2,1-4H3/b10-7+. The molecule has 0 heterocycles. The van der Waals surface area contributed by atoms with Gasteiger partial charge in [0.25, 0.3) is 0 Å². The molecule has 21 heavy (non-hydrogen) atoms. The van der Waals surface area contributed by atoms with Crippen LogP contribution in [0.4, 0.5) is 5.69 Å². The van der Waals surface area contributed by atoms with Gasteiger partial charge in [0.05, 0.1) is 0 Å². The average Bonchev–Trinajstić information content (AvgIpc) is 2.42. The fourth-order valence-corrected chi connectivity index (χ4v) is 1.93. The molecule has 0 aromatic heterocycles. The molecule has 1 aromatic carbocycles. The van der Waals surface area contributed by atoms with E-state index in [1.54, 1.807) is 6.08 Å². The zero-order chi connectivity index (χ0) is 15.8. The molecule has 4 nitrogen and oxygen atoms in total. The Morgan fingerprint density at radius 3 is 2.33 bits per heavy atom. The number of nitrogens with zero attached hydrogens (tertiary/aromatic N) is 2. The topological polar surface area (TPSA) is 49.6 Å². The second kappa shape index (κ2) is 8.47. The lowest BCUT2D eigenvalue weighted by atomic mass is 10.1. The van der Waals surface area contributed by atoms with Crippen LogP contribution in [0, 0.1) is 5.92 Å². The van der Waals surface area contributed by atoms with Crippen LogP contribution >= 0.6 is 0 Å². The lowest BCUT2D eigenvalue weighted by molar-refractivity contribution is -0.126. The minimum atomic E-state index is 0.0578. The summed E-state index contributed by atoms with van der Waals surface area (Å²) in [6.45, 7) is 6.64. The number of benzene rings is 1. The molecule has 0 atom stereocenters. The summed E-state index contributed by atoms with van der Waals surface area (Å²) in [4.78, 5) is 16.3. The lowest BCUT2D eigenvalue weighted by Crippen LogP contribution is -2.38. The quantitative estimate of drug-likeness (QED) is 0.619. The third-order valence-corrected chi connectivity index (χ3v) is 3.07. The number of likely N-dealkylation sites (N-methyl/N-ethyl adjacent to an activating group) is 1. The number of anilines is 1. The monoisotopic (exact) mass is 289 g/mol. The van der Waals surface area contributed by atoms with Gasteiger partial charge in [0.15, 0.2) is 0 Å². The second-order valence-electron chi connectivity index (χ2n) is 5.98. The minimum Gasteiger partial charge on any atom is -0.399 e. The summed E-state index contributed by atoms with van der Waals surface area (Å²) in [5.74, 6) is 0.517. The number of hydrogen-bond donors (Lipinski definition) is 1. The van der Waals surface area contributed by atoms with E-state index in [1.165, 1.54) is 0 Å². The first kappa shape index (κ1) is 17.2. The first-order chi connectivity index (χ1) is 9.88. The zero-order valence-electron chi connectivity index (χ0n) is 13.5. The van der Waals surface area contributed by atoms with Gasteiger partial charge in [0.1, 0.15) is 0 Å². The number of nitrogens with two attached hydrogens (primary N) is 1. The predicted molar refractivity (Wildman–Crippen MR) is 89.9 cm³/mol. The largest absolute Gasteiger partial charge is 0.399 e. The van der Waals surface area contributed by atoms with E-state index < -0.39 is 0 Å². The molecule has 0 fully saturated rings. The fraction of sp³-hybridized carbons (Fsp3) is 0.471. The molecule has 2 N–H and O–H groups in total. The number of amides is 1. The molecule has 116 valence electrons. The van der Waals surface area contributed by atoms with Gasteiger partial charge in [-0.05, 0) is 43.8 Å². The van der Waals surface area contributed by atoms with Crippen molar-refractivity contribution in [1.29, 1.82) is 0 Å². The van der Waals surface area contributed by atoms with Gasteiger partial charge < -0.3 is 15.5 Å². The van der Waals surface area contributed by atoms with Crippen molar-refractivity contribution in [3.8, 4) is 0 Å². The van der Waals surface area contributed by atoms with Crippen LogP contribution in [0.2, 0.25) is 0 Å². The highest BCUT2D eigenvalue weighted by Crippen LogP contribution is 2.08. The molecule has 0 aliphatic carbocycles. The molecule has 4 heteroatoms. The summed E-state index contributed by atoms with van der Waals surface area (Å²) >= 11 is 0. The van der Waals surface area contributed by atoms with E-state index in [-0.39, 0.29) is 5.91 Å². The first-order valence-corrected chi connectivity index (χ1v) is 7.35. The van der Waals surface area contributed by atoms with E-state index in [4.69, 9.17) is 5.73 Å². The number of rotatable bonds is 7. The van der Waals surface area contributed by atoms with Crippen molar-refractivity contribution in [2.45, 2.75) is 13.8 Å². The molecule has 1 amide bonds. The molecule has 0 spiro atoms. The minimum absolute atomic E-state index is 0.0578. The van der Waals surface area contributed by atoms with Crippen LogP contribution in [0.3, 0.4) is 0 Å². The van der Waals surface area contributed by atoms with Crippen molar-refractivity contribution in [3.63, 3.8) is 0 Å². The van der Waals surface area contributed by atoms with Crippen LogP contribution in [0.25, 0.3) is 6.08 Å². The summed E-state index contributed by atoms with van der Waals surface area (Å²) < 4.78 is 0. The average molecular weight is 289 g/mol. The van der Waals surface area contributed by atoms with Crippen molar-refractivity contribution in [1.82, 2.24) is 9.80 Å². The molecule has 0 aliphatic heterocycles. The maximum atomic E-state index is 12.3. The number of carbonyl (C=O) groups excluding carboxylic acids is 1. The lowest BCUT2D eigenvalue weighted by Gasteiger charge is -2.25. The van der Waals surface area contributed by atoms with Gasteiger partial charge in [-0.25, -0.2) is 0 Å². The molecule has 1 rings (SSSR count). The Bertz CT molecular complexity index is 463. The number of nitrogen functional groups attached to an aromatic ring is 1. The van der Waals surface area contributed by atoms with Gasteiger partial charge >= 0.3 is 0 Å². The molecule has 0 saturated carbocycles. The van der Waals surface area contributed by atoms with Crippen LogP contribution < -0.4 is 5.73 Å². The van der Waals surface area contributed by atoms with Gasteiger partial charge in [0.2, 0.25) is 5.91 Å².